The molecule has 172 valence electrons. The second-order valence-electron chi connectivity index (χ2n) is 7.88. The van der Waals surface area contributed by atoms with Crippen molar-refractivity contribution in [2.45, 2.75) is 39.8 Å². The number of tetrazole rings is 1. The Balaban J connectivity index is 1.50. The van der Waals surface area contributed by atoms with Crippen LogP contribution in [-0.2, 0) is 19.5 Å². The number of hydrogen-bond donors (Lipinski definition) is 1. The number of imidazole rings is 1. The zero-order valence-corrected chi connectivity index (χ0v) is 19.0. The smallest absolute Gasteiger partial charge is 0.299 e. The highest BCUT2D eigenvalue weighted by atomic mass is 16.2. The molecule has 5 rings (SSSR count). The third kappa shape index (κ3) is 4.03. The Hall–Kier alpha value is -4.41. The van der Waals surface area contributed by atoms with Crippen LogP contribution in [0.2, 0.25) is 0 Å². The summed E-state index contributed by atoms with van der Waals surface area (Å²) in [6.45, 7) is 5.12. The van der Waals surface area contributed by atoms with Gasteiger partial charge in [-0.2, -0.15) is 5.21 Å². The first-order valence-electron chi connectivity index (χ1n) is 11.2. The van der Waals surface area contributed by atoms with E-state index in [4.69, 9.17) is 0 Å². The summed E-state index contributed by atoms with van der Waals surface area (Å²) < 4.78 is 5.18. The average molecular weight is 457 g/mol. The van der Waals surface area contributed by atoms with E-state index in [0.29, 0.717) is 24.9 Å². The lowest BCUT2D eigenvalue weighted by Crippen LogP contribution is -2.26. The van der Waals surface area contributed by atoms with Gasteiger partial charge in [0.2, 0.25) is 11.8 Å². The second-order valence-corrected chi connectivity index (χ2v) is 7.88. The monoisotopic (exact) mass is 456 g/mol. The van der Waals surface area contributed by atoms with E-state index in [1.807, 2.05) is 54.1 Å². The van der Waals surface area contributed by atoms with E-state index in [0.717, 1.165) is 40.9 Å². The van der Waals surface area contributed by atoms with Gasteiger partial charge in [-0.05, 0) is 47.9 Å². The fourth-order valence-corrected chi connectivity index (χ4v) is 3.98. The van der Waals surface area contributed by atoms with E-state index in [2.05, 4.69) is 42.7 Å². The summed E-state index contributed by atoms with van der Waals surface area (Å²) in [5.74, 6) is 1.05. The van der Waals surface area contributed by atoms with E-state index in [-0.39, 0.29) is 5.69 Å². The van der Waals surface area contributed by atoms with Gasteiger partial charge < -0.3 is 0 Å². The molecule has 0 amide bonds. The van der Waals surface area contributed by atoms with Crippen LogP contribution in [-0.4, -0.2) is 49.5 Å². The molecule has 0 spiro atoms. The first-order valence-corrected chi connectivity index (χ1v) is 11.2. The largest absolute Gasteiger partial charge is 0.335 e. The molecule has 0 fully saturated rings. The maximum Gasteiger partial charge on any atom is 0.335 e. The topological polar surface area (TPSA) is 125 Å². The molecule has 11 heteroatoms. The van der Waals surface area contributed by atoms with Gasteiger partial charge in [0, 0.05) is 30.2 Å². The minimum absolute atomic E-state index is 0.155. The van der Waals surface area contributed by atoms with Crippen molar-refractivity contribution in [2.75, 3.05) is 0 Å². The van der Waals surface area contributed by atoms with Gasteiger partial charge in [0.05, 0.1) is 12.2 Å². The van der Waals surface area contributed by atoms with Crippen LogP contribution < -0.4 is 5.69 Å². The Morgan fingerprint density at radius 3 is 2.68 bits per heavy atom. The number of aromatic amines is 1. The molecule has 1 N–H and O–H groups in total. The number of pyridine rings is 1. The van der Waals surface area contributed by atoms with Crippen molar-refractivity contribution < 1.29 is 0 Å². The second kappa shape index (κ2) is 9.22. The fourth-order valence-electron chi connectivity index (χ4n) is 3.98. The van der Waals surface area contributed by atoms with Gasteiger partial charge in [0.15, 0.2) is 0 Å². The van der Waals surface area contributed by atoms with Crippen LogP contribution in [0, 0.1) is 0 Å². The molecule has 0 aliphatic heterocycles. The molecule has 0 saturated carbocycles. The number of aromatic nitrogens is 10. The van der Waals surface area contributed by atoms with E-state index >= 15 is 0 Å². The van der Waals surface area contributed by atoms with Gasteiger partial charge >= 0.3 is 5.69 Å². The summed E-state index contributed by atoms with van der Waals surface area (Å²) in [5.41, 5.74) is 4.42. The van der Waals surface area contributed by atoms with Crippen molar-refractivity contribution in [3.05, 3.63) is 77.0 Å². The molecule has 34 heavy (non-hydrogen) atoms. The van der Waals surface area contributed by atoms with Crippen molar-refractivity contribution in [2.24, 2.45) is 0 Å². The Morgan fingerprint density at radius 2 is 1.88 bits per heavy atom. The number of aryl methyl sites for hydroxylation is 2. The zero-order valence-electron chi connectivity index (χ0n) is 19.0. The molecule has 0 radical (unpaired) electrons. The molecule has 4 aromatic heterocycles. The summed E-state index contributed by atoms with van der Waals surface area (Å²) in [6.07, 6.45) is 6.95. The lowest BCUT2D eigenvalue weighted by Gasteiger charge is -2.09. The van der Waals surface area contributed by atoms with Crippen molar-refractivity contribution in [3.63, 3.8) is 0 Å². The van der Waals surface area contributed by atoms with Crippen LogP contribution >= 0.6 is 0 Å². The summed E-state index contributed by atoms with van der Waals surface area (Å²) in [6, 6.07) is 11.9. The molecule has 1 aromatic carbocycles. The maximum atomic E-state index is 13.4. The summed E-state index contributed by atoms with van der Waals surface area (Å²) >= 11 is 0. The predicted molar refractivity (Wildman–Crippen MR) is 125 cm³/mol. The van der Waals surface area contributed by atoms with Crippen molar-refractivity contribution in [1.82, 2.24) is 49.5 Å². The lowest BCUT2D eigenvalue weighted by atomic mass is 10.0. The van der Waals surface area contributed by atoms with Crippen LogP contribution in [0.1, 0.15) is 31.7 Å². The Kier molecular flexibility index (Phi) is 5.81. The van der Waals surface area contributed by atoms with Gasteiger partial charge in [-0.15, -0.1) is 20.4 Å². The molecule has 4 heterocycles. The molecule has 0 unspecified atom stereocenters. The number of nitrogens with one attached hydrogen (secondary N) is 1. The van der Waals surface area contributed by atoms with E-state index in [9.17, 15) is 4.79 Å². The predicted octanol–water partition coefficient (Wildman–Crippen LogP) is 2.49. The highest BCUT2D eigenvalue weighted by Gasteiger charge is 2.17. The number of nitrogens with zero attached hydrogens (tertiary/aromatic N) is 9. The Labute approximate surface area is 195 Å². The molecule has 11 nitrogen and oxygen atoms in total. The van der Waals surface area contributed by atoms with Crippen LogP contribution in [0.3, 0.4) is 0 Å². The normalized spacial score (nSPS) is 11.2. The highest BCUT2D eigenvalue weighted by molar-refractivity contribution is 5.70. The fraction of sp³-hybridized carbons (Fsp3) is 0.261. The number of hydrogen-bond acceptors (Lipinski definition) is 7. The molecule has 0 bridgehead atoms. The van der Waals surface area contributed by atoms with Gasteiger partial charge in [0.25, 0.3) is 0 Å². The zero-order chi connectivity index (χ0) is 23.5. The number of H-pyrrole nitrogens is 1. The summed E-state index contributed by atoms with van der Waals surface area (Å²) in [5, 5.41) is 22.3. The van der Waals surface area contributed by atoms with Gasteiger partial charge in [-0.3, -0.25) is 14.1 Å². The SMILES string of the molecule is CCCc1cn(-c2nncn2CC)c(=O)n1Cc1cc(-c2cccc(-c3nn[nH]n3)c2)ccn1. The van der Waals surface area contributed by atoms with Crippen molar-refractivity contribution >= 4 is 0 Å². The minimum Gasteiger partial charge on any atom is -0.299 e. The van der Waals surface area contributed by atoms with Crippen LogP contribution in [0.5, 0.6) is 0 Å². The molecule has 0 aliphatic carbocycles. The molecule has 0 atom stereocenters. The minimum atomic E-state index is -0.155. The van der Waals surface area contributed by atoms with Gasteiger partial charge in [0.1, 0.15) is 6.33 Å². The standard InChI is InChI=1S/C23H24N10O/c1-3-6-20-14-33(22-28-25-15-31(22)4-2)23(34)32(20)13-19-12-17(9-10-24-19)16-7-5-8-18(11-16)21-26-29-30-27-21/h5,7-12,14-15H,3-4,6,13H2,1-2H3,(H,26,27,29,30). The lowest BCUT2D eigenvalue weighted by molar-refractivity contribution is 0.662. The first kappa shape index (κ1) is 21.4. The molecular formula is C23H24N10O. The van der Waals surface area contributed by atoms with E-state index in [1.54, 1.807) is 21.7 Å². The Bertz CT molecular complexity index is 1460. The van der Waals surface area contributed by atoms with Crippen molar-refractivity contribution in [3.8, 4) is 28.5 Å². The van der Waals surface area contributed by atoms with Crippen LogP contribution in [0.15, 0.2) is 59.9 Å². The summed E-state index contributed by atoms with van der Waals surface area (Å²) in [4.78, 5) is 17.9. The number of benzene rings is 1. The maximum absolute atomic E-state index is 13.4. The molecular weight excluding hydrogens is 432 g/mol. The van der Waals surface area contributed by atoms with Gasteiger partial charge in [-0.1, -0.05) is 31.5 Å². The van der Waals surface area contributed by atoms with E-state index < -0.39 is 0 Å². The van der Waals surface area contributed by atoms with Crippen LogP contribution in [0.4, 0.5) is 0 Å². The molecule has 5 aromatic rings. The third-order valence-corrected chi connectivity index (χ3v) is 5.66. The van der Waals surface area contributed by atoms with Crippen molar-refractivity contribution in [1.29, 1.82) is 0 Å². The summed E-state index contributed by atoms with van der Waals surface area (Å²) in [7, 11) is 0. The van der Waals surface area contributed by atoms with Gasteiger partial charge in [-0.25, -0.2) is 9.36 Å². The first-order chi connectivity index (χ1) is 16.7. The highest BCUT2D eigenvalue weighted by Crippen LogP contribution is 2.24. The molecule has 0 saturated heterocycles. The number of rotatable bonds is 8. The third-order valence-electron chi connectivity index (χ3n) is 5.66. The Morgan fingerprint density at radius 1 is 1.03 bits per heavy atom. The van der Waals surface area contributed by atoms with E-state index in [1.165, 1.54) is 0 Å². The molecule has 0 aliphatic rings. The van der Waals surface area contributed by atoms with Crippen LogP contribution in [0.25, 0.3) is 28.5 Å². The average Bonchev–Trinajstić information content (AvgIpc) is 3.62. The quantitative estimate of drug-likeness (QED) is 0.380.